The Balaban J connectivity index is 2.31. The predicted molar refractivity (Wildman–Crippen MR) is 66.8 cm³/mol. The van der Waals surface area contributed by atoms with Crippen LogP contribution in [-0.2, 0) is 6.67 Å². The Morgan fingerprint density at radius 3 is 2.94 bits per heavy atom. The summed E-state index contributed by atoms with van der Waals surface area (Å²) in [4.78, 5) is 19.2. The number of hydrogen-bond acceptors (Lipinski definition) is 3. The molecule has 1 aliphatic rings. The lowest BCUT2D eigenvalue weighted by Gasteiger charge is -2.16. The summed E-state index contributed by atoms with van der Waals surface area (Å²) in [6, 6.07) is 7.77. The van der Waals surface area contributed by atoms with Crippen molar-refractivity contribution < 1.29 is 0 Å². The molecule has 0 saturated carbocycles. The average molecular weight is 229 g/mol. The summed E-state index contributed by atoms with van der Waals surface area (Å²) in [7, 11) is 0. The van der Waals surface area contributed by atoms with Gasteiger partial charge in [-0.05, 0) is 25.6 Å². The van der Waals surface area contributed by atoms with Crippen LogP contribution in [0.1, 0.15) is 25.7 Å². The van der Waals surface area contributed by atoms with E-state index < -0.39 is 0 Å². The first-order chi connectivity index (χ1) is 8.22. The minimum Gasteiger partial charge on any atom is -0.281 e. The van der Waals surface area contributed by atoms with Gasteiger partial charge >= 0.3 is 0 Å². The first-order valence-electron chi connectivity index (χ1n) is 5.96. The predicted octanol–water partition coefficient (Wildman–Crippen LogP) is 1.75. The molecule has 1 aliphatic heterocycles. The van der Waals surface area contributed by atoms with E-state index in [1.165, 1.54) is 0 Å². The summed E-state index contributed by atoms with van der Waals surface area (Å²) in [5.41, 5.74) is 0.877. The molecule has 1 atom stereocenters. The molecule has 0 saturated heterocycles. The van der Waals surface area contributed by atoms with Gasteiger partial charge in [0.2, 0.25) is 0 Å². The van der Waals surface area contributed by atoms with Crippen molar-refractivity contribution >= 4 is 10.9 Å². The molecule has 1 aromatic heterocycles. The lowest BCUT2D eigenvalue weighted by atomic mass is 10.2. The third kappa shape index (κ3) is 1.41. The summed E-state index contributed by atoms with van der Waals surface area (Å²) >= 11 is 0. The van der Waals surface area contributed by atoms with Crippen LogP contribution < -0.4 is 5.56 Å². The Bertz CT molecular complexity index is 632. The minimum atomic E-state index is 0.0772. The fourth-order valence-electron chi connectivity index (χ4n) is 2.48. The molecular formula is C13H15N3O. The Morgan fingerprint density at radius 1 is 1.41 bits per heavy atom. The first-order valence-corrected chi connectivity index (χ1v) is 5.96. The number of rotatable bonds is 1. The highest BCUT2D eigenvalue weighted by atomic mass is 16.1. The van der Waals surface area contributed by atoms with Gasteiger partial charge in [0, 0.05) is 0 Å². The molecule has 0 bridgehead atoms. The number of para-hydroxylation sites is 1. The van der Waals surface area contributed by atoms with Gasteiger partial charge in [0.25, 0.3) is 5.56 Å². The minimum absolute atomic E-state index is 0.0772. The van der Waals surface area contributed by atoms with Gasteiger partial charge in [-0.15, -0.1) is 0 Å². The summed E-state index contributed by atoms with van der Waals surface area (Å²) in [6.45, 7) is 5.79. The van der Waals surface area contributed by atoms with Crippen molar-refractivity contribution in [3.05, 3.63) is 40.4 Å². The molecule has 2 heterocycles. The normalized spacial score (nSPS) is 19.8. The molecule has 0 aliphatic carbocycles. The van der Waals surface area contributed by atoms with Crippen LogP contribution in [0.15, 0.2) is 29.1 Å². The standard InChI is InChI=1S/C13H15N3O/c1-3-15-8-16-12(9(15)2)14-11-7-5-4-6-10(11)13(16)17/h4-7,9H,3,8H2,1-2H3. The highest BCUT2D eigenvalue weighted by molar-refractivity contribution is 5.77. The van der Waals surface area contributed by atoms with Crippen molar-refractivity contribution in [3.63, 3.8) is 0 Å². The van der Waals surface area contributed by atoms with Gasteiger partial charge in [-0.1, -0.05) is 19.1 Å². The molecule has 3 rings (SSSR count). The second kappa shape index (κ2) is 3.67. The van der Waals surface area contributed by atoms with Crippen LogP contribution in [0.3, 0.4) is 0 Å². The second-order valence-electron chi connectivity index (χ2n) is 4.44. The third-order valence-corrected chi connectivity index (χ3v) is 3.54. The lowest BCUT2D eigenvalue weighted by molar-refractivity contribution is 0.221. The van der Waals surface area contributed by atoms with Gasteiger partial charge in [-0.25, -0.2) is 4.98 Å². The van der Waals surface area contributed by atoms with Gasteiger partial charge < -0.3 is 0 Å². The fraction of sp³-hybridized carbons (Fsp3) is 0.385. The van der Waals surface area contributed by atoms with Crippen LogP contribution in [0.2, 0.25) is 0 Å². The quantitative estimate of drug-likeness (QED) is 0.747. The maximum Gasteiger partial charge on any atom is 0.262 e. The van der Waals surface area contributed by atoms with Crippen molar-refractivity contribution in [2.75, 3.05) is 6.54 Å². The molecule has 0 radical (unpaired) electrons. The Labute approximate surface area is 99.5 Å². The van der Waals surface area contributed by atoms with E-state index in [0.29, 0.717) is 12.1 Å². The Hall–Kier alpha value is -1.68. The van der Waals surface area contributed by atoms with Crippen LogP contribution >= 0.6 is 0 Å². The third-order valence-electron chi connectivity index (χ3n) is 3.54. The maximum atomic E-state index is 12.3. The van der Waals surface area contributed by atoms with E-state index in [1.807, 2.05) is 24.3 Å². The van der Waals surface area contributed by atoms with E-state index in [-0.39, 0.29) is 11.6 Å². The molecule has 0 fully saturated rings. The molecule has 0 N–H and O–H groups in total. The zero-order chi connectivity index (χ0) is 12.0. The summed E-state index contributed by atoms with van der Waals surface area (Å²) in [5, 5.41) is 0.710. The van der Waals surface area contributed by atoms with Gasteiger partial charge in [-0.2, -0.15) is 0 Å². The maximum absolute atomic E-state index is 12.3. The molecule has 4 nitrogen and oxygen atoms in total. The summed E-state index contributed by atoms with van der Waals surface area (Å²) in [6.07, 6.45) is 0. The molecule has 2 aromatic rings. The summed E-state index contributed by atoms with van der Waals surface area (Å²) < 4.78 is 1.79. The van der Waals surface area contributed by atoms with Crippen LogP contribution in [0, 0.1) is 0 Å². The molecule has 0 spiro atoms. The monoisotopic (exact) mass is 229 g/mol. The van der Waals surface area contributed by atoms with Crippen molar-refractivity contribution in [3.8, 4) is 0 Å². The largest absolute Gasteiger partial charge is 0.281 e. The second-order valence-corrected chi connectivity index (χ2v) is 4.44. The topological polar surface area (TPSA) is 38.1 Å². The molecule has 0 amide bonds. The fourth-order valence-corrected chi connectivity index (χ4v) is 2.48. The van der Waals surface area contributed by atoms with Crippen molar-refractivity contribution in [1.82, 2.24) is 14.5 Å². The Morgan fingerprint density at radius 2 is 2.18 bits per heavy atom. The van der Waals surface area contributed by atoms with Gasteiger partial charge in [-0.3, -0.25) is 14.3 Å². The molecule has 1 aromatic carbocycles. The van der Waals surface area contributed by atoms with Gasteiger partial charge in [0.1, 0.15) is 5.82 Å². The van der Waals surface area contributed by atoms with Gasteiger partial charge in [0.05, 0.1) is 23.6 Å². The first kappa shape index (κ1) is 10.5. The van der Waals surface area contributed by atoms with E-state index in [0.717, 1.165) is 17.9 Å². The zero-order valence-electron chi connectivity index (χ0n) is 10.1. The Kier molecular flexibility index (Phi) is 2.26. The summed E-state index contributed by atoms with van der Waals surface area (Å²) in [5.74, 6) is 0.885. The van der Waals surface area contributed by atoms with Crippen molar-refractivity contribution in [1.29, 1.82) is 0 Å². The number of nitrogens with zero attached hydrogens (tertiary/aromatic N) is 3. The molecule has 1 unspecified atom stereocenters. The van der Waals surface area contributed by atoms with Crippen molar-refractivity contribution in [2.24, 2.45) is 0 Å². The molecule has 88 valence electrons. The zero-order valence-corrected chi connectivity index (χ0v) is 10.1. The average Bonchev–Trinajstić information content (AvgIpc) is 2.68. The smallest absolute Gasteiger partial charge is 0.262 e. The number of aromatic nitrogens is 2. The number of hydrogen-bond donors (Lipinski definition) is 0. The van der Waals surface area contributed by atoms with Crippen LogP contribution in [-0.4, -0.2) is 21.0 Å². The van der Waals surface area contributed by atoms with Crippen molar-refractivity contribution in [2.45, 2.75) is 26.6 Å². The molecule has 17 heavy (non-hydrogen) atoms. The highest BCUT2D eigenvalue weighted by Crippen LogP contribution is 2.25. The lowest BCUT2D eigenvalue weighted by Crippen LogP contribution is -2.24. The van der Waals surface area contributed by atoms with Crippen LogP contribution in [0.25, 0.3) is 10.9 Å². The molecular weight excluding hydrogens is 214 g/mol. The van der Waals surface area contributed by atoms with Crippen LogP contribution in [0.4, 0.5) is 0 Å². The van der Waals surface area contributed by atoms with E-state index in [9.17, 15) is 4.79 Å². The number of benzene rings is 1. The van der Waals surface area contributed by atoms with Gasteiger partial charge in [0.15, 0.2) is 0 Å². The highest BCUT2D eigenvalue weighted by Gasteiger charge is 2.28. The molecule has 4 heteroatoms. The number of fused-ring (bicyclic) bond motifs is 2. The SMILES string of the molecule is CCN1Cn2c(nc3ccccc3c2=O)C1C. The van der Waals surface area contributed by atoms with E-state index in [4.69, 9.17) is 0 Å². The van der Waals surface area contributed by atoms with E-state index >= 15 is 0 Å². The van der Waals surface area contributed by atoms with Crippen LogP contribution in [0.5, 0.6) is 0 Å². The van der Waals surface area contributed by atoms with E-state index in [1.54, 1.807) is 4.57 Å². The van der Waals surface area contributed by atoms with E-state index in [2.05, 4.69) is 23.7 Å².